The summed E-state index contributed by atoms with van der Waals surface area (Å²) in [4.78, 5) is 23.3. The number of aromatic nitrogens is 2. The highest BCUT2D eigenvalue weighted by Gasteiger charge is 2.20. The molecule has 7 heteroatoms. The molecule has 0 aliphatic carbocycles. The smallest absolute Gasteiger partial charge is 0.234 e. The summed E-state index contributed by atoms with van der Waals surface area (Å²) in [6.45, 7) is 5.25. The topological polar surface area (TPSA) is 58.1 Å². The van der Waals surface area contributed by atoms with E-state index in [2.05, 4.69) is 43.0 Å². The molecule has 138 valence electrons. The van der Waals surface area contributed by atoms with Crippen molar-refractivity contribution in [3.05, 3.63) is 40.6 Å². The van der Waals surface area contributed by atoms with Crippen molar-refractivity contribution in [2.75, 3.05) is 22.5 Å². The Kier molecular flexibility index (Phi) is 6.53. The molecular weight excluding hydrogens is 412 g/mol. The van der Waals surface area contributed by atoms with Gasteiger partial charge >= 0.3 is 0 Å². The fourth-order valence-corrected chi connectivity index (χ4v) is 4.23. The predicted molar refractivity (Wildman–Crippen MR) is 111 cm³/mol. The summed E-state index contributed by atoms with van der Waals surface area (Å²) >= 11 is 4.87. The lowest BCUT2D eigenvalue weighted by atomic mass is 10.0. The number of hydrogen-bond donors (Lipinski definition) is 1. The third-order valence-electron chi connectivity index (χ3n) is 4.54. The fourth-order valence-electron chi connectivity index (χ4n) is 3.10. The third-order valence-corrected chi connectivity index (χ3v) is 5.96. The minimum absolute atomic E-state index is 0.0353. The van der Waals surface area contributed by atoms with Crippen LogP contribution in [0, 0.1) is 6.92 Å². The van der Waals surface area contributed by atoms with Gasteiger partial charge in [0.25, 0.3) is 0 Å². The Balaban J connectivity index is 1.59. The third kappa shape index (κ3) is 4.98. The van der Waals surface area contributed by atoms with Gasteiger partial charge < -0.3 is 10.2 Å². The normalized spacial score (nSPS) is 17.2. The monoisotopic (exact) mass is 434 g/mol. The van der Waals surface area contributed by atoms with E-state index in [1.54, 1.807) is 6.33 Å². The van der Waals surface area contributed by atoms with Crippen LogP contribution in [-0.4, -0.2) is 34.2 Å². The lowest BCUT2D eigenvalue weighted by Crippen LogP contribution is -2.38. The Morgan fingerprint density at radius 3 is 2.96 bits per heavy atom. The zero-order valence-corrected chi connectivity index (χ0v) is 17.4. The number of halogens is 1. The molecule has 1 aromatic carbocycles. The van der Waals surface area contributed by atoms with Crippen molar-refractivity contribution >= 4 is 45.1 Å². The van der Waals surface area contributed by atoms with Gasteiger partial charge in [0.05, 0.1) is 5.75 Å². The molecule has 0 bridgehead atoms. The number of thioether (sulfide) groups is 1. The molecule has 1 aliphatic rings. The van der Waals surface area contributed by atoms with Crippen LogP contribution < -0.4 is 10.2 Å². The second-order valence-corrected chi connectivity index (χ2v) is 8.46. The van der Waals surface area contributed by atoms with Gasteiger partial charge in [-0.1, -0.05) is 27.7 Å². The molecule has 0 saturated carbocycles. The van der Waals surface area contributed by atoms with Crippen LogP contribution in [0.4, 0.5) is 11.5 Å². The number of amides is 1. The van der Waals surface area contributed by atoms with E-state index in [9.17, 15) is 4.79 Å². The zero-order chi connectivity index (χ0) is 18.5. The summed E-state index contributed by atoms with van der Waals surface area (Å²) in [5.74, 6) is 1.24. The molecule has 26 heavy (non-hydrogen) atoms. The second kappa shape index (κ2) is 8.86. The number of hydrogen-bond acceptors (Lipinski definition) is 5. The highest BCUT2D eigenvalue weighted by atomic mass is 79.9. The maximum atomic E-state index is 12.3. The average molecular weight is 435 g/mol. The van der Waals surface area contributed by atoms with Crippen molar-refractivity contribution in [2.24, 2.45) is 0 Å². The molecule has 5 nitrogen and oxygen atoms in total. The quantitative estimate of drug-likeness (QED) is 0.547. The maximum Gasteiger partial charge on any atom is 0.234 e. The zero-order valence-electron chi connectivity index (χ0n) is 15.0. The SMILES string of the molecule is Cc1cc(Br)ccc1NC(=O)CSc1cc(N2CCCCC2C)ncn1. The van der Waals surface area contributed by atoms with Gasteiger partial charge in [0.15, 0.2) is 0 Å². The Morgan fingerprint density at radius 1 is 1.35 bits per heavy atom. The van der Waals surface area contributed by atoms with Gasteiger partial charge in [-0.3, -0.25) is 4.79 Å². The van der Waals surface area contributed by atoms with Crippen LogP contribution in [0.15, 0.2) is 40.1 Å². The van der Waals surface area contributed by atoms with E-state index in [0.29, 0.717) is 11.8 Å². The molecule has 1 saturated heterocycles. The molecule has 0 radical (unpaired) electrons. The average Bonchev–Trinajstić information content (AvgIpc) is 2.63. The van der Waals surface area contributed by atoms with Gasteiger partial charge in [-0.15, -0.1) is 0 Å². The molecule has 3 rings (SSSR count). The molecular formula is C19H23BrN4OS. The van der Waals surface area contributed by atoms with E-state index in [-0.39, 0.29) is 5.91 Å². The number of nitrogens with one attached hydrogen (secondary N) is 1. The molecule has 1 N–H and O–H groups in total. The minimum atomic E-state index is -0.0353. The molecule has 1 unspecified atom stereocenters. The van der Waals surface area contributed by atoms with Crippen LogP contribution in [0.2, 0.25) is 0 Å². The molecule has 1 amide bonds. The van der Waals surface area contributed by atoms with Gasteiger partial charge in [0, 0.05) is 28.8 Å². The molecule has 2 aromatic rings. The van der Waals surface area contributed by atoms with Crippen molar-refractivity contribution < 1.29 is 4.79 Å². The lowest BCUT2D eigenvalue weighted by molar-refractivity contribution is -0.113. The highest BCUT2D eigenvalue weighted by Crippen LogP contribution is 2.26. The Bertz CT molecular complexity index is 786. The van der Waals surface area contributed by atoms with Gasteiger partial charge in [0.1, 0.15) is 17.2 Å². The van der Waals surface area contributed by atoms with Crippen molar-refractivity contribution in [2.45, 2.75) is 44.2 Å². The summed E-state index contributed by atoms with van der Waals surface area (Å²) in [5, 5.41) is 3.79. The Morgan fingerprint density at radius 2 is 2.19 bits per heavy atom. The van der Waals surface area contributed by atoms with Crippen LogP contribution in [0.1, 0.15) is 31.7 Å². The van der Waals surface area contributed by atoms with Crippen molar-refractivity contribution in [1.82, 2.24) is 9.97 Å². The number of rotatable bonds is 5. The van der Waals surface area contributed by atoms with Crippen LogP contribution in [0.5, 0.6) is 0 Å². The number of piperidine rings is 1. The van der Waals surface area contributed by atoms with Gasteiger partial charge in [0.2, 0.25) is 5.91 Å². The predicted octanol–water partition coefficient (Wildman–Crippen LogP) is 4.66. The first kappa shape index (κ1) is 19.2. The number of carbonyl (C=O) groups is 1. The van der Waals surface area contributed by atoms with Crippen molar-refractivity contribution in [3.8, 4) is 0 Å². The van der Waals surface area contributed by atoms with E-state index in [4.69, 9.17) is 0 Å². The van der Waals surface area contributed by atoms with E-state index in [0.717, 1.165) is 33.1 Å². The molecule has 1 aromatic heterocycles. The number of benzene rings is 1. The first-order valence-corrected chi connectivity index (χ1v) is 10.6. The molecule has 2 heterocycles. The van der Waals surface area contributed by atoms with Crippen molar-refractivity contribution in [1.29, 1.82) is 0 Å². The second-order valence-electron chi connectivity index (χ2n) is 6.55. The summed E-state index contributed by atoms with van der Waals surface area (Å²) in [5.41, 5.74) is 1.87. The molecule has 1 aliphatic heterocycles. The Labute approximate surface area is 167 Å². The van der Waals surface area contributed by atoms with Crippen LogP contribution >= 0.6 is 27.7 Å². The largest absolute Gasteiger partial charge is 0.354 e. The first-order chi connectivity index (χ1) is 12.5. The minimum Gasteiger partial charge on any atom is -0.354 e. The standard InChI is InChI=1S/C19H23BrN4OS/c1-13-9-15(20)6-7-16(13)23-18(25)11-26-19-10-17(21-12-22-19)24-8-4-3-5-14(24)2/h6-7,9-10,12,14H,3-5,8,11H2,1-2H3,(H,23,25). The van der Waals surface area contributed by atoms with Crippen LogP contribution in [-0.2, 0) is 4.79 Å². The van der Waals surface area contributed by atoms with Crippen molar-refractivity contribution in [3.63, 3.8) is 0 Å². The molecule has 1 atom stereocenters. The van der Waals surface area contributed by atoms with Crippen LogP contribution in [0.25, 0.3) is 0 Å². The summed E-state index contributed by atoms with van der Waals surface area (Å²) in [6, 6.07) is 8.30. The maximum absolute atomic E-state index is 12.3. The van der Waals surface area contributed by atoms with E-state index < -0.39 is 0 Å². The summed E-state index contributed by atoms with van der Waals surface area (Å²) in [6.07, 6.45) is 5.27. The summed E-state index contributed by atoms with van der Waals surface area (Å²) in [7, 11) is 0. The fraction of sp³-hybridized carbons (Fsp3) is 0.421. The van der Waals surface area contributed by atoms with Crippen LogP contribution in [0.3, 0.4) is 0 Å². The number of nitrogens with zero attached hydrogens (tertiary/aromatic N) is 3. The number of aryl methyl sites for hydroxylation is 1. The number of anilines is 2. The number of carbonyl (C=O) groups excluding carboxylic acids is 1. The first-order valence-electron chi connectivity index (χ1n) is 8.80. The van der Waals surface area contributed by atoms with E-state index >= 15 is 0 Å². The van der Waals surface area contributed by atoms with Gasteiger partial charge in [-0.2, -0.15) is 0 Å². The lowest BCUT2D eigenvalue weighted by Gasteiger charge is -2.34. The summed E-state index contributed by atoms with van der Waals surface area (Å²) < 4.78 is 1.00. The Hall–Kier alpha value is -1.60. The van der Waals surface area contributed by atoms with E-state index in [1.165, 1.54) is 31.0 Å². The van der Waals surface area contributed by atoms with Gasteiger partial charge in [-0.25, -0.2) is 9.97 Å². The van der Waals surface area contributed by atoms with E-state index in [1.807, 2.05) is 31.2 Å². The molecule has 0 spiro atoms. The highest BCUT2D eigenvalue weighted by molar-refractivity contribution is 9.10. The van der Waals surface area contributed by atoms with Gasteiger partial charge in [-0.05, 0) is 56.9 Å². The molecule has 1 fully saturated rings.